The summed E-state index contributed by atoms with van der Waals surface area (Å²) in [5, 5.41) is 7.47. The Morgan fingerprint density at radius 2 is 1.90 bits per heavy atom. The first kappa shape index (κ1) is 20.1. The molecule has 4 rings (SSSR count). The maximum absolute atomic E-state index is 5.59. The van der Waals surface area contributed by atoms with Crippen LogP contribution in [-0.2, 0) is 5.41 Å². The lowest BCUT2D eigenvalue weighted by atomic mass is 9.79. The minimum Gasteiger partial charge on any atom is -0.362 e. The first-order valence-corrected chi connectivity index (χ1v) is 11.4. The second-order valence-corrected chi connectivity index (χ2v) is 9.01. The zero-order valence-electron chi connectivity index (χ0n) is 17.4. The molecule has 1 atom stereocenters. The Morgan fingerprint density at radius 3 is 2.59 bits per heavy atom. The minimum absolute atomic E-state index is 0.194. The van der Waals surface area contributed by atoms with Crippen LogP contribution >= 0.6 is 12.2 Å². The highest BCUT2D eigenvalue weighted by atomic mass is 32.1. The van der Waals surface area contributed by atoms with E-state index in [0.717, 1.165) is 24.6 Å². The van der Waals surface area contributed by atoms with Crippen molar-refractivity contribution in [3.8, 4) is 0 Å². The molecular weight excluding hydrogens is 376 g/mol. The van der Waals surface area contributed by atoms with E-state index < -0.39 is 0 Å². The Labute approximate surface area is 180 Å². The maximum Gasteiger partial charge on any atom is 0.170 e. The second kappa shape index (κ2) is 9.12. The molecule has 1 aliphatic heterocycles. The van der Waals surface area contributed by atoms with Crippen molar-refractivity contribution in [3.05, 3.63) is 54.2 Å². The van der Waals surface area contributed by atoms with Crippen LogP contribution in [0.5, 0.6) is 0 Å². The Kier molecular flexibility index (Phi) is 6.34. The van der Waals surface area contributed by atoms with Gasteiger partial charge < -0.3 is 15.5 Å². The summed E-state index contributed by atoms with van der Waals surface area (Å²) in [6.45, 7) is 4.26. The molecule has 29 heavy (non-hydrogen) atoms. The number of aromatic nitrogens is 1. The van der Waals surface area contributed by atoms with Crippen LogP contribution in [-0.4, -0.2) is 29.2 Å². The number of hydrogen-bond donors (Lipinski definition) is 2. The van der Waals surface area contributed by atoms with Crippen LogP contribution in [0.15, 0.2) is 48.7 Å². The number of pyridine rings is 1. The summed E-state index contributed by atoms with van der Waals surface area (Å²) in [7, 11) is 0. The third kappa shape index (κ3) is 4.72. The first-order valence-electron chi connectivity index (χ1n) is 11.0. The number of nitrogens with one attached hydrogen (secondary N) is 2. The molecule has 2 aromatic rings. The average Bonchev–Trinajstić information content (AvgIpc) is 3.24. The first-order chi connectivity index (χ1) is 14.2. The zero-order valence-corrected chi connectivity index (χ0v) is 18.2. The van der Waals surface area contributed by atoms with Crippen molar-refractivity contribution in [3.63, 3.8) is 0 Å². The summed E-state index contributed by atoms with van der Waals surface area (Å²) in [4.78, 5) is 7.09. The summed E-state index contributed by atoms with van der Waals surface area (Å²) in [6.07, 6.45) is 10.7. The Hall–Kier alpha value is -2.14. The molecule has 0 amide bonds. The monoisotopic (exact) mass is 408 g/mol. The molecule has 4 nitrogen and oxygen atoms in total. The zero-order chi connectivity index (χ0) is 20.1. The van der Waals surface area contributed by atoms with E-state index >= 15 is 0 Å². The van der Waals surface area contributed by atoms with E-state index in [0.29, 0.717) is 11.2 Å². The van der Waals surface area contributed by atoms with Gasteiger partial charge in [0.2, 0.25) is 0 Å². The highest BCUT2D eigenvalue weighted by molar-refractivity contribution is 7.80. The quantitative estimate of drug-likeness (QED) is 0.661. The van der Waals surface area contributed by atoms with Gasteiger partial charge in [0.25, 0.3) is 0 Å². The topological polar surface area (TPSA) is 40.2 Å². The fraction of sp³-hybridized carbons (Fsp3) is 0.500. The predicted molar refractivity (Wildman–Crippen MR) is 126 cm³/mol. The molecule has 0 bridgehead atoms. The van der Waals surface area contributed by atoms with Crippen LogP contribution in [0.2, 0.25) is 0 Å². The van der Waals surface area contributed by atoms with E-state index in [1.54, 1.807) is 0 Å². The molecule has 154 valence electrons. The molecule has 2 N–H and O–H groups in total. The Bertz CT molecular complexity index is 799. The van der Waals surface area contributed by atoms with Gasteiger partial charge in [-0.1, -0.05) is 43.2 Å². The van der Waals surface area contributed by atoms with Crippen LogP contribution in [0.1, 0.15) is 57.4 Å². The number of piperidine rings is 1. The molecule has 0 spiro atoms. The summed E-state index contributed by atoms with van der Waals surface area (Å²) >= 11 is 5.59. The number of nitrogens with zero attached hydrogens (tertiary/aromatic N) is 2. The molecule has 1 aromatic heterocycles. The van der Waals surface area contributed by atoms with Crippen molar-refractivity contribution >= 4 is 28.8 Å². The van der Waals surface area contributed by atoms with E-state index in [9.17, 15) is 0 Å². The van der Waals surface area contributed by atoms with Crippen molar-refractivity contribution in [2.24, 2.45) is 0 Å². The average molecular weight is 409 g/mol. The molecule has 2 aliphatic rings. The van der Waals surface area contributed by atoms with Gasteiger partial charge in [-0.25, -0.2) is 4.98 Å². The Morgan fingerprint density at radius 1 is 1.10 bits per heavy atom. The predicted octanol–water partition coefficient (Wildman–Crippen LogP) is 5.26. The maximum atomic E-state index is 5.59. The van der Waals surface area contributed by atoms with Crippen molar-refractivity contribution < 1.29 is 0 Å². The Balaban J connectivity index is 1.35. The molecule has 1 aliphatic carbocycles. The normalized spacial score (nSPS) is 21.0. The van der Waals surface area contributed by atoms with Gasteiger partial charge in [0.05, 0.1) is 11.9 Å². The molecule has 2 fully saturated rings. The SMILES string of the molecule is C[C@@H]1CCCCN1c1ccc(NC(=S)NCC2(c3ccccc3)CCCC2)cn1. The molecule has 0 unspecified atom stereocenters. The van der Waals surface area contributed by atoms with Crippen LogP contribution in [0, 0.1) is 0 Å². The van der Waals surface area contributed by atoms with E-state index in [1.165, 1.54) is 50.5 Å². The third-order valence-electron chi connectivity index (χ3n) is 6.64. The summed E-state index contributed by atoms with van der Waals surface area (Å²) in [5.74, 6) is 1.07. The fourth-order valence-electron chi connectivity index (χ4n) is 4.90. The molecule has 1 aromatic carbocycles. The van der Waals surface area contributed by atoms with E-state index in [2.05, 4.69) is 69.9 Å². The molecule has 1 saturated carbocycles. The summed E-state index contributed by atoms with van der Waals surface area (Å²) in [5.41, 5.74) is 2.56. The lowest BCUT2D eigenvalue weighted by Crippen LogP contribution is -2.40. The highest BCUT2D eigenvalue weighted by Gasteiger charge is 2.35. The van der Waals surface area contributed by atoms with Crippen molar-refractivity contribution in [2.75, 3.05) is 23.3 Å². The van der Waals surface area contributed by atoms with Crippen LogP contribution < -0.4 is 15.5 Å². The minimum atomic E-state index is 0.194. The van der Waals surface area contributed by atoms with Gasteiger partial charge in [0.15, 0.2) is 5.11 Å². The van der Waals surface area contributed by atoms with E-state index in [4.69, 9.17) is 12.2 Å². The summed E-state index contributed by atoms with van der Waals surface area (Å²) < 4.78 is 0. The van der Waals surface area contributed by atoms with Crippen molar-refractivity contribution in [1.82, 2.24) is 10.3 Å². The van der Waals surface area contributed by atoms with Crippen LogP contribution in [0.25, 0.3) is 0 Å². The largest absolute Gasteiger partial charge is 0.362 e. The van der Waals surface area contributed by atoms with Gasteiger partial charge in [0, 0.05) is 24.5 Å². The second-order valence-electron chi connectivity index (χ2n) is 8.60. The molecule has 0 radical (unpaired) electrons. The van der Waals surface area contributed by atoms with Crippen LogP contribution in [0.3, 0.4) is 0 Å². The lowest BCUT2D eigenvalue weighted by molar-refractivity contribution is 0.435. The van der Waals surface area contributed by atoms with Gasteiger partial charge >= 0.3 is 0 Å². The molecule has 1 saturated heterocycles. The fourth-order valence-corrected chi connectivity index (χ4v) is 5.09. The van der Waals surface area contributed by atoms with Crippen molar-refractivity contribution in [1.29, 1.82) is 0 Å². The number of benzene rings is 1. The van der Waals surface area contributed by atoms with E-state index in [1.807, 2.05) is 6.20 Å². The molecule has 2 heterocycles. The number of thiocarbonyl (C=S) groups is 1. The lowest BCUT2D eigenvalue weighted by Gasteiger charge is -2.34. The smallest absolute Gasteiger partial charge is 0.170 e. The van der Waals surface area contributed by atoms with Gasteiger partial charge in [0.1, 0.15) is 5.82 Å². The van der Waals surface area contributed by atoms with Gasteiger partial charge in [-0.15, -0.1) is 0 Å². The third-order valence-corrected chi connectivity index (χ3v) is 6.88. The van der Waals surface area contributed by atoms with Gasteiger partial charge in [-0.05, 0) is 68.9 Å². The van der Waals surface area contributed by atoms with Crippen molar-refractivity contribution in [2.45, 2.75) is 63.3 Å². The number of hydrogen-bond acceptors (Lipinski definition) is 3. The van der Waals surface area contributed by atoms with Crippen LogP contribution in [0.4, 0.5) is 11.5 Å². The highest BCUT2D eigenvalue weighted by Crippen LogP contribution is 2.40. The number of anilines is 2. The molecule has 5 heteroatoms. The molecular formula is C24H32N4S. The van der Waals surface area contributed by atoms with Gasteiger partial charge in [-0.3, -0.25) is 0 Å². The number of rotatable bonds is 5. The summed E-state index contributed by atoms with van der Waals surface area (Å²) in [6, 6.07) is 15.6. The van der Waals surface area contributed by atoms with Gasteiger partial charge in [-0.2, -0.15) is 0 Å². The standard InChI is InChI=1S/C24H32N4S/c1-19-9-5-8-16-28(19)22-13-12-21(17-25-22)27-23(29)26-18-24(14-6-7-15-24)20-10-3-2-4-11-20/h2-4,10-13,17,19H,5-9,14-16,18H2,1H3,(H2,26,27,29)/t19-/m1/s1. The van der Waals surface area contributed by atoms with E-state index in [-0.39, 0.29) is 5.41 Å².